The molecule has 0 saturated carbocycles. The lowest BCUT2D eigenvalue weighted by molar-refractivity contribution is -0.132. The fourth-order valence-corrected chi connectivity index (χ4v) is 14.9. The van der Waals surface area contributed by atoms with E-state index >= 15 is 0 Å². The van der Waals surface area contributed by atoms with Crippen LogP contribution in [-0.2, 0) is 17.6 Å². The highest BCUT2D eigenvalue weighted by atomic mass is 16.5. The fraction of sp³-hybridized carbons (Fsp3) is 0.440. The third-order valence-corrected chi connectivity index (χ3v) is 21.3. The van der Waals surface area contributed by atoms with Crippen LogP contribution in [0, 0.1) is 23.2 Å². The Hall–Kier alpha value is -10.0. The van der Waals surface area contributed by atoms with Gasteiger partial charge in [0, 0.05) is 51.2 Å². The lowest BCUT2D eigenvalue weighted by Crippen LogP contribution is -2.12. The standard InChI is InChI=1S/C100H124N6O6/c1-7-13-19-25-29-35-63-109-84-68-79(69-85(72-84)110-64-36-30-26-20-14-8-2)97-91-57-55-89(102-91)88(54-49-77-41-43-78(44-42-77)67-81(74-101)100(107)108)90-56-58-92(103-90)98(80-70-86(111-65-37-31-27-21-15-9-3)73-87(71-80)112-66-38-32-28-22-16-10-4)94-60-62-96(105-94)99(95-61-59-93(97)104-95)106(82-50-45-75(46-51-82)39-33-23-17-11-5)83-52-47-76(48-53-83)40-34-24-18-12-6/h41-48,50-53,55-62,67-73,102,105H,7-40,63-66H2,1-6H3,(H,107,108)/b81-67-,89-88?,90-88?,97-91?,97-93?,98-92?,98-94?,99-95?,99-96?. The molecule has 590 valence electrons. The highest BCUT2D eigenvalue weighted by Gasteiger charge is 2.25. The number of aliphatic carboxylic acids is 1. The van der Waals surface area contributed by atoms with Crippen molar-refractivity contribution in [3.63, 3.8) is 0 Å². The summed E-state index contributed by atoms with van der Waals surface area (Å²) in [5.74, 6) is 8.75. The summed E-state index contributed by atoms with van der Waals surface area (Å²) >= 11 is 0. The molecular weight excluding hydrogens is 1380 g/mol. The van der Waals surface area contributed by atoms with Crippen LogP contribution >= 0.6 is 0 Å². The summed E-state index contributed by atoms with van der Waals surface area (Å²) in [6.07, 6.45) is 49.1. The van der Waals surface area contributed by atoms with Crippen molar-refractivity contribution in [3.8, 4) is 63.2 Å². The molecule has 0 radical (unpaired) electrons. The molecule has 112 heavy (non-hydrogen) atoms. The van der Waals surface area contributed by atoms with Crippen molar-refractivity contribution >= 4 is 75.5 Å². The first-order valence-electron chi connectivity index (χ1n) is 43.0. The second kappa shape index (κ2) is 46.7. The van der Waals surface area contributed by atoms with Crippen LogP contribution in [0.2, 0.25) is 0 Å². The smallest absolute Gasteiger partial charge is 0.346 e. The number of rotatable bonds is 49. The van der Waals surface area contributed by atoms with Gasteiger partial charge in [0.25, 0.3) is 0 Å². The molecule has 0 amide bonds. The predicted molar refractivity (Wildman–Crippen MR) is 469 cm³/mol. The molecule has 0 fully saturated rings. The molecule has 2 aliphatic heterocycles. The maximum Gasteiger partial charge on any atom is 0.346 e. The van der Waals surface area contributed by atoms with E-state index in [4.69, 9.17) is 28.9 Å². The first kappa shape index (κ1) is 84.4. The molecule has 0 unspecified atom stereocenters. The van der Waals surface area contributed by atoms with E-state index in [1.54, 1.807) is 18.2 Å². The maximum absolute atomic E-state index is 11.9. The number of nitrogens with one attached hydrogen (secondary N) is 2. The van der Waals surface area contributed by atoms with E-state index in [-0.39, 0.29) is 5.57 Å². The van der Waals surface area contributed by atoms with E-state index < -0.39 is 5.97 Å². The summed E-state index contributed by atoms with van der Waals surface area (Å²) in [5.41, 5.74) is 16.7. The van der Waals surface area contributed by atoms with Crippen molar-refractivity contribution in [2.75, 3.05) is 31.3 Å². The fourth-order valence-electron chi connectivity index (χ4n) is 14.9. The van der Waals surface area contributed by atoms with Crippen molar-refractivity contribution < 1.29 is 28.8 Å². The number of hydrogen-bond acceptors (Lipinski definition) is 9. The van der Waals surface area contributed by atoms with Gasteiger partial charge in [0.15, 0.2) is 0 Å². The maximum atomic E-state index is 11.9. The highest BCUT2D eigenvalue weighted by molar-refractivity contribution is 6.00. The van der Waals surface area contributed by atoms with Gasteiger partial charge < -0.3 is 38.9 Å². The van der Waals surface area contributed by atoms with Gasteiger partial charge in [-0.2, -0.15) is 5.26 Å². The predicted octanol–water partition coefficient (Wildman–Crippen LogP) is 28.1. The normalized spacial score (nSPS) is 11.7. The molecule has 3 aromatic heterocycles. The summed E-state index contributed by atoms with van der Waals surface area (Å²) in [4.78, 5) is 34.0. The summed E-state index contributed by atoms with van der Waals surface area (Å²) in [5, 5.41) is 19.3. The molecule has 12 nitrogen and oxygen atoms in total. The zero-order valence-corrected chi connectivity index (χ0v) is 68.2. The van der Waals surface area contributed by atoms with Gasteiger partial charge in [-0.3, -0.25) is 0 Å². The SMILES string of the molecule is CCCCCCCCOc1cc(OCCCCCCCC)cc(-c2c3nc(c(N(c4ccc(CCCCCC)cc4)c4ccc(CCCCCC)cc4)c4ccc([nH]4)c(-c4cc(OCCCCCCCC)cc(OCCCCCCCC)c4)c4nc(c(C#Cc5ccc(/C=C(/C#N)C(=O)O)cc5)c5ccc2[nH]5)C=C4)C=C3)c1. The summed E-state index contributed by atoms with van der Waals surface area (Å²) in [6, 6.07) is 48.8. The molecule has 10 rings (SSSR count). The Balaban J connectivity index is 1.27. The number of fused-ring (bicyclic) bond motifs is 8. The Kier molecular flexibility index (Phi) is 35.2. The van der Waals surface area contributed by atoms with E-state index in [9.17, 15) is 15.2 Å². The number of H-pyrrole nitrogens is 2. The number of aryl methyl sites for hydroxylation is 2. The molecule has 0 aliphatic carbocycles. The van der Waals surface area contributed by atoms with Crippen LogP contribution in [0.25, 0.3) is 74.7 Å². The Morgan fingerprint density at radius 1 is 0.402 bits per heavy atom. The monoisotopic (exact) mass is 1500 g/mol. The Labute approximate surface area is 669 Å². The molecule has 8 aromatic rings. The molecule has 5 heterocycles. The summed E-state index contributed by atoms with van der Waals surface area (Å²) in [6.45, 7) is 15.9. The summed E-state index contributed by atoms with van der Waals surface area (Å²) < 4.78 is 27.3. The lowest BCUT2D eigenvalue weighted by Gasteiger charge is -2.26. The lowest BCUT2D eigenvalue weighted by atomic mass is 10.0. The van der Waals surface area contributed by atoms with Crippen LogP contribution in [0.5, 0.6) is 23.0 Å². The van der Waals surface area contributed by atoms with E-state index in [1.165, 1.54) is 158 Å². The van der Waals surface area contributed by atoms with Crippen LogP contribution in [-0.4, -0.2) is 57.4 Å². The third kappa shape index (κ3) is 25.8. The summed E-state index contributed by atoms with van der Waals surface area (Å²) in [7, 11) is 0. The molecule has 0 atom stereocenters. The first-order chi connectivity index (χ1) is 55.1. The molecule has 0 spiro atoms. The number of carbonyl (C=O) groups is 1. The molecule has 12 heteroatoms. The number of carboxylic acids is 1. The van der Waals surface area contributed by atoms with Gasteiger partial charge in [-0.15, -0.1) is 0 Å². The van der Waals surface area contributed by atoms with Crippen LogP contribution in [0.4, 0.5) is 17.1 Å². The van der Waals surface area contributed by atoms with Gasteiger partial charge in [0.1, 0.15) is 34.6 Å². The number of ether oxygens (including phenoxy) is 4. The van der Waals surface area contributed by atoms with Gasteiger partial charge in [-0.25, -0.2) is 14.8 Å². The second-order valence-electron chi connectivity index (χ2n) is 30.5. The number of benzene rings is 5. The minimum Gasteiger partial charge on any atom is -0.493 e. The average Bonchev–Trinajstić information content (AvgIpc) is 1.58. The van der Waals surface area contributed by atoms with Gasteiger partial charge in [0.05, 0.1) is 71.5 Å². The molecule has 5 aromatic carbocycles. The number of anilines is 3. The Bertz CT molecular complexity index is 4430. The van der Waals surface area contributed by atoms with Crippen LogP contribution in [0.3, 0.4) is 0 Å². The van der Waals surface area contributed by atoms with E-state index in [0.717, 1.165) is 173 Å². The number of carboxylic acid groups (broad SMARTS) is 1. The van der Waals surface area contributed by atoms with Gasteiger partial charge in [-0.05, 0) is 194 Å². The molecule has 0 saturated heterocycles. The topological polar surface area (TPSA) is 159 Å². The first-order valence-corrected chi connectivity index (χ1v) is 43.0. The molecule has 2 aliphatic rings. The third-order valence-electron chi connectivity index (χ3n) is 21.3. The largest absolute Gasteiger partial charge is 0.493 e. The van der Waals surface area contributed by atoms with Crippen LogP contribution < -0.4 is 23.8 Å². The van der Waals surface area contributed by atoms with Crippen molar-refractivity contribution in [1.29, 1.82) is 5.26 Å². The van der Waals surface area contributed by atoms with Gasteiger partial charge >= 0.3 is 5.97 Å². The number of hydrogen-bond donors (Lipinski definition) is 3. The second-order valence-corrected chi connectivity index (χ2v) is 30.5. The quantitative estimate of drug-likeness (QED) is 0.0145. The highest BCUT2D eigenvalue weighted by Crippen LogP contribution is 2.44. The zero-order valence-electron chi connectivity index (χ0n) is 68.2. The van der Waals surface area contributed by atoms with Crippen LogP contribution in [0.15, 0.2) is 139 Å². The molecule has 8 bridgehead atoms. The number of unbranched alkanes of at least 4 members (excludes halogenated alkanes) is 26. The Morgan fingerprint density at radius 2 is 0.759 bits per heavy atom. The Morgan fingerprint density at radius 3 is 1.17 bits per heavy atom. The van der Waals surface area contributed by atoms with E-state index in [2.05, 4.69) is 202 Å². The number of nitriles is 1. The average molecular weight is 1510 g/mol. The van der Waals surface area contributed by atoms with Gasteiger partial charge in [-0.1, -0.05) is 257 Å². The molecular formula is C100H124N6O6. The molecule has 3 N–H and O–H groups in total. The zero-order chi connectivity index (χ0) is 78.3. The number of nitrogens with zero attached hydrogens (tertiary/aromatic N) is 4. The van der Waals surface area contributed by atoms with E-state index in [0.29, 0.717) is 54.5 Å². The van der Waals surface area contributed by atoms with Crippen molar-refractivity contribution in [1.82, 2.24) is 19.9 Å². The minimum atomic E-state index is -1.28. The van der Waals surface area contributed by atoms with E-state index in [1.807, 2.05) is 12.1 Å². The minimum absolute atomic E-state index is 0.353. The number of aromatic nitrogens is 4. The van der Waals surface area contributed by atoms with Crippen molar-refractivity contribution in [3.05, 3.63) is 190 Å². The number of aromatic amines is 2. The van der Waals surface area contributed by atoms with Crippen molar-refractivity contribution in [2.24, 2.45) is 0 Å². The van der Waals surface area contributed by atoms with Crippen molar-refractivity contribution in [2.45, 2.75) is 260 Å². The van der Waals surface area contributed by atoms with Crippen LogP contribution in [0.1, 0.15) is 298 Å². The van der Waals surface area contributed by atoms with Gasteiger partial charge in [0.2, 0.25) is 0 Å².